The Kier molecular flexibility index (Phi) is 2.46. The molecule has 1 heterocycles. The molecule has 1 aromatic carbocycles. The lowest BCUT2D eigenvalue weighted by molar-refractivity contribution is -0.122. The van der Waals surface area contributed by atoms with Gasteiger partial charge in [-0.25, -0.2) is 0 Å². The summed E-state index contributed by atoms with van der Waals surface area (Å²) in [5.41, 5.74) is 8.43. The number of carbonyl (C=O) groups excluding carboxylic acids is 1. The predicted molar refractivity (Wildman–Crippen MR) is 74.8 cm³/mol. The lowest BCUT2D eigenvalue weighted by Crippen LogP contribution is -2.48. The largest absolute Gasteiger partial charge is 0.326 e. The van der Waals surface area contributed by atoms with E-state index in [1.807, 2.05) is 17.0 Å². The fraction of sp³-hybridized carbons (Fsp3) is 0.562. The van der Waals surface area contributed by atoms with Gasteiger partial charge in [0, 0.05) is 24.2 Å². The Morgan fingerprint density at radius 3 is 2.68 bits per heavy atom. The lowest BCUT2D eigenvalue weighted by atomic mass is 9.95. The van der Waals surface area contributed by atoms with Crippen LogP contribution in [-0.2, 0) is 11.2 Å². The maximum Gasteiger partial charge on any atom is 0.230 e. The molecule has 100 valence electrons. The summed E-state index contributed by atoms with van der Waals surface area (Å²) >= 11 is 0. The Hall–Kier alpha value is -1.35. The van der Waals surface area contributed by atoms with Gasteiger partial charge in [-0.2, -0.15) is 0 Å². The average Bonchev–Trinajstić information content (AvgIpc) is 3.03. The summed E-state index contributed by atoms with van der Waals surface area (Å²) < 4.78 is 0. The van der Waals surface area contributed by atoms with Gasteiger partial charge in [-0.15, -0.1) is 0 Å². The molecule has 0 saturated heterocycles. The highest BCUT2D eigenvalue weighted by Gasteiger charge is 2.49. The molecule has 1 aliphatic heterocycles. The zero-order valence-electron chi connectivity index (χ0n) is 11.1. The van der Waals surface area contributed by atoms with Crippen LogP contribution in [-0.4, -0.2) is 18.5 Å². The Labute approximate surface area is 113 Å². The molecule has 3 aliphatic rings. The molecule has 2 saturated carbocycles. The van der Waals surface area contributed by atoms with Gasteiger partial charge in [-0.1, -0.05) is 18.2 Å². The second-order valence-electron chi connectivity index (χ2n) is 6.47. The third-order valence-electron chi connectivity index (χ3n) is 5.04. The third kappa shape index (κ3) is 1.88. The Morgan fingerprint density at radius 2 is 1.89 bits per heavy atom. The second-order valence-corrected chi connectivity index (χ2v) is 6.47. The summed E-state index contributed by atoms with van der Waals surface area (Å²) in [5.74, 6) is 2.27. The fourth-order valence-electron chi connectivity index (χ4n) is 3.97. The Balaban J connectivity index is 1.61. The summed E-state index contributed by atoms with van der Waals surface area (Å²) in [6, 6.07) is 8.29. The Bertz CT molecular complexity index is 517. The van der Waals surface area contributed by atoms with Crippen molar-refractivity contribution in [1.82, 2.24) is 0 Å². The van der Waals surface area contributed by atoms with E-state index in [0.717, 1.165) is 36.8 Å². The number of hydrogen-bond acceptors (Lipinski definition) is 2. The first-order valence-corrected chi connectivity index (χ1v) is 7.37. The molecule has 19 heavy (non-hydrogen) atoms. The van der Waals surface area contributed by atoms with Crippen LogP contribution < -0.4 is 10.6 Å². The van der Waals surface area contributed by atoms with Crippen LogP contribution in [0.15, 0.2) is 24.3 Å². The molecular formula is C16H20N2O. The van der Waals surface area contributed by atoms with Gasteiger partial charge in [0.1, 0.15) is 0 Å². The number of nitrogens with zero attached hydrogens (tertiary/aromatic N) is 1. The number of para-hydroxylation sites is 1. The molecular weight excluding hydrogens is 236 g/mol. The third-order valence-corrected chi connectivity index (χ3v) is 5.04. The van der Waals surface area contributed by atoms with Crippen molar-refractivity contribution >= 4 is 11.6 Å². The van der Waals surface area contributed by atoms with E-state index in [9.17, 15) is 4.79 Å². The lowest BCUT2D eigenvalue weighted by Gasteiger charge is -2.34. The summed E-state index contributed by atoms with van der Waals surface area (Å²) in [4.78, 5) is 14.7. The van der Waals surface area contributed by atoms with Gasteiger partial charge in [0.15, 0.2) is 0 Å². The van der Waals surface area contributed by atoms with E-state index in [1.54, 1.807) is 0 Å². The highest BCUT2D eigenvalue weighted by atomic mass is 16.2. The maximum absolute atomic E-state index is 12.7. The molecule has 3 unspecified atom stereocenters. The van der Waals surface area contributed by atoms with Crippen molar-refractivity contribution in [1.29, 1.82) is 0 Å². The number of rotatable bonds is 1. The van der Waals surface area contributed by atoms with Crippen molar-refractivity contribution in [3.63, 3.8) is 0 Å². The number of nitrogens with two attached hydrogens (primary N) is 1. The molecule has 3 heteroatoms. The van der Waals surface area contributed by atoms with Crippen LogP contribution in [0.2, 0.25) is 0 Å². The van der Waals surface area contributed by atoms with Crippen LogP contribution in [0, 0.1) is 17.8 Å². The van der Waals surface area contributed by atoms with E-state index in [-0.39, 0.29) is 12.0 Å². The molecule has 3 atom stereocenters. The minimum absolute atomic E-state index is 0.0785. The standard InChI is InChI=1S/C16H20N2O/c17-14-8-10-3-1-2-4-15(10)18(9-14)16(19)13-6-11-5-12(11)7-13/h1-4,11-14H,5-9,17H2. The molecule has 0 bridgehead atoms. The monoisotopic (exact) mass is 256 g/mol. The molecule has 2 N–H and O–H groups in total. The van der Waals surface area contributed by atoms with E-state index in [0.29, 0.717) is 12.5 Å². The average molecular weight is 256 g/mol. The molecule has 0 spiro atoms. The molecule has 1 aromatic rings. The summed E-state index contributed by atoms with van der Waals surface area (Å²) in [7, 11) is 0. The van der Waals surface area contributed by atoms with E-state index >= 15 is 0 Å². The quantitative estimate of drug-likeness (QED) is 0.834. The highest BCUT2D eigenvalue weighted by Crippen LogP contribution is 2.54. The Morgan fingerprint density at radius 1 is 1.16 bits per heavy atom. The van der Waals surface area contributed by atoms with Gasteiger partial charge in [0.05, 0.1) is 0 Å². The molecule has 0 radical (unpaired) electrons. The smallest absolute Gasteiger partial charge is 0.230 e. The molecule has 2 fully saturated rings. The first-order valence-electron chi connectivity index (χ1n) is 7.37. The second kappa shape index (κ2) is 4.07. The minimum atomic E-state index is 0.0785. The van der Waals surface area contributed by atoms with Crippen LogP contribution in [0.1, 0.15) is 24.8 Å². The van der Waals surface area contributed by atoms with Crippen LogP contribution >= 0.6 is 0 Å². The number of fused-ring (bicyclic) bond motifs is 2. The normalized spacial score (nSPS) is 35.7. The van der Waals surface area contributed by atoms with Crippen molar-refractivity contribution in [3.8, 4) is 0 Å². The number of anilines is 1. The van der Waals surface area contributed by atoms with Crippen LogP contribution in [0.4, 0.5) is 5.69 Å². The van der Waals surface area contributed by atoms with Crippen molar-refractivity contribution in [3.05, 3.63) is 29.8 Å². The molecule has 0 aromatic heterocycles. The number of hydrogen-bond donors (Lipinski definition) is 1. The van der Waals surface area contributed by atoms with E-state index in [1.165, 1.54) is 12.0 Å². The summed E-state index contributed by atoms with van der Waals surface area (Å²) in [6.07, 6.45) is 4.46. The maximum atomic E-state index is 12.7. The zero-order chi connectivity index (χ0) is 13.0. The highest BCUT2D eigenvalue weighted by molar-refractivity contribution is 5.96. The van der Waals surface area contributed by atoms with Crippen molar-refractivity contribution in [2.45, 2.75) is 31.7 Å². The van der Waals surface area contributed by atoms with Crippen LogP contribution in [0.5, 0.6) is 0 Å². The zero-order valence-corrected chi connectivity index (χ0v) is 11.1. The SMILES string of the molecule is NC1Cc2ccccc2N(C(=O)C2CC3CC3C2)C1. The molecule has 3 nitrogen and oxygen atoms in total. The van der Waals surface area contributed by atoms with E-state index in [2.05, 4.69) is 12.1 Å². The first-order chi connectivity index (χ1) is 9.22. The van der Waals surface area contributed by atoms with Crippen molar-refractivity contribution < 1.29 is 4.79 Å². The predicted octanol–water partition coefficient (Wildman–Crippen LogP) is 1.95. The van der Waals surface area contributed by atoms with E-state index < -0.39 is 0 Å². The molecule has 1 amide bonds. The van der Waals surface area contributed by atoms with Crippen LogP contribution in [0.25, 0.3) is 0 Å². The van der Waals surface area contributed by atoms with Gasteiger partial charge in [-0.3, -0.25) is 4.79 Å². The minimum Gasteiger partial charge on any atom is -0.326 e. The van der Waals surface area contributed by atoms with Crippen LogP contribution in [0.3, 0.4) is 0 Å². The fourth-order valence-corrected chi connectivity index (χ4v) is 3.97. The van der Waals surface area contributed by atoms with Gasteiger partial charge < -0.3 is 10.6 Å². The molecule has 2 aliphatic carbocycles. The van der Waals surface area contributed by atoms with Crippen molar-refractivity contribution in [2.75, 3.05) is 11.4 Å². The van der Waals surface area contributed by atoms with Crippen molar-refractivity contribution in [2.24, 2.45) is 23.5 Å². The van der Waals surface area contributed by atoms with Gasteiger partial charge >= 0.3 is 0 Å². The topological polar surface area (TPSA) is 46.3 Å². The van der Waals surface area contributed by atoms with Gasteiger partial charge in [0.2, 0.25) is 5.91 Å². The first kappa shape index (κ1) is 11.5. The molecule has 4 rings (SSSR count). The van der Waals surface area contributed by atoms with E-state index in [4.69, 9.17) is 5.73 Å². The number of benzene rings is 1. The van der Waals surface area contributed by atoms with Gasteiger partial charge in [-0.05, 0) is 49.1 Å². The number of amides is 1. The van der Waals surface area contributed by atoms with Gasteiger partial charge in [0.25, 0.3) is 0 Å². The number of carbonyl (C=O) groups is 1. The summed E-state index contributed by atoms with van der Waals surface area (Å²) in [6.45, 7) is 0.682. The summed E-state index contributed by atoms with van der Waals surface area (Å²) in [5, 5.41) is 0.